The molecule has 0 fully saturated rings. The van der Waals surface area contributed by atoms with Crippen LogP contribution in [0.25, 0.3) is 11.1 Å². The van der Waals surface area contributed by atoms with Gasteiger partial charge in [0.1, 0.15) is 5.75 Å². The summed E-state index contributed by atoms with van der Waals surface area (Å²) in [6.07, 6.45) is 0. The van der Waals surface area contributed by atoms with Crippen molar-refractivity contribution in [2.75, 3.05) is 4.90 Å². The quantitative estimate of drug-likeness (QED) is 0.435. The molecule has 0 atom stereocenters. The number of hydrogen-bond acceptors (Lipinski definition) is 5. The van der Waals surface area contributed by atoms with Gasteiger partial charge in [-0.25, -0.2) is 4.90 Å². The number of aromatic hydroxyl groups is 1. The maximum Gasteiger partial charge on any atom is 0.270 e. The van der Waals surface area contributed by atoms with Crippen LogP contribution in [0.5, 0.6) is 5.75 Å². The number of nitrogens with zero attached hydrogens (tertiary/aromatic N) is 2. The van der Waals surface area contributed by atoms with Crippen molar-refractivity contribution in [3.05, 3.63) is 88.0 Å². The summed E-state index contributed by atoms with van der Waals surface area (Å²) in [6.45, 7) is 0. The van der Waals surface area contributed by atoms with Gasteiger partial charge in [0.05, 0.1) is 21.7 Å². The molecule has 1 heterocycles. The summed E-state index contributed by atoms with van der Waals surface area (Å²) in [6, 6.07) is 17.0. The first-order valence-electron chi connectivity index (χ1n) is 8.03. The number of carbonyl (C=O) groups is 2. The molecule has 0 unspecified atom stereocenters. The number of phenolic OH excluding ortho intramolecular Hbond substituents is 1. The number of hydrogen-bond donors (Lipinski definition) is 1. The van der Waals surface area contributed by atoms with Crippen molar-refractivity contribution in [1.82, 2.24) is 0 Å². The predicted molar refractivity (Wildman–Crippen MR) is 97.8 cm³/mol. The second-order valence-corrected chi connectivity index (χ2v) is 6.00. The third kappa shape index (κ3) is 2.62. The Bertz CT molecular complexity index is 1110. The van der Waals surface area contributed by atoms with Gasteiger partial charge in [-0.1, -0.05) is 30.3 Å². The van der Waals surface area contributed by atoms with Crippen molar-refractivity contribution in [2.24, 2.45) is 0 Å². The highest BCUT2D eigenvalue weighted by Crippen LogP contribution is 2.33. The van der Waals surface area contributed by atoms with Crippen LogP contribution in [0.2, 0.25) is 0 Å². The van der Waals surface area contributed by atoms with Gasteiger partial charge >= 0.3 is 0 Å². The fraction of sp³-hybridized carbons (Fsp3) is 0. The highest BCUT2D eigenvalue weighted by atomic mass is 16.6. The van der Waals surface area contributed by atoms with E-state index in [2.05, 4.69) is 0 Å². The fourth-order valence-electron chi connectivity index (χ4n) is 3.08. The van der Waals surface area contributed by atoms with E-state index in [4.69, 9.17) is 0 Å². The van der Waals surface area contributed by atoms with E-state index in [0.717, 1.165) is 16.5 Å². The van der Waals surface area contributed by atoms with Gasteiger partial charge in [0, 0.05) is 17.7 Å². The highest BCUT2D eigenvalue weighted by Gasteiger charge is 2.37. The predicted octanol–water partition coefficient (Wildman–Crippen LogP) is 3.77. The Balaban J connectivity index is 1.70. The molecule has 0 bridgehead atoms. The van der Waals surface area contributed by atoms with Crippen LogP contribution in [-0.4, -0.2) is 21.8 Å². The third-order valence-electron chi connectivity index (χ3n) is 4.42. The molecule has 0 spiro atoms. The topological polar surface area (TPSA) is 101 Å². The van der Waals surface area contributed by atoms with Crippen molar-refractivity contribution in [3.8, 4) is 16.9 Å². The molecule has 0 aliphatic carbocycles. The van der Waals surface area contributed by atoms with E-state index in [1.807, 2.05) is 0 Å². The number of anilines is 1. The molecule has 4 rings (SSSR count). The molecular formula is C20H12N2O5. The second kappa shape index (κ2) is 6.06. The molecule has 1 N–H and O–H groups in total. The molecule has 7 nitrogen and oxygen atoms in total. The SMILES string of the molecule is O=C1c2ccc([N+](=O)[O-])cc2C(=O)N1c1ccc(-c2ccccc2O)cc1. The van der Waals surface area contributed by atoms with Gasteiger partial charge in [-0.15, -0.1) is 0 Å². The van der Waals surface area contributed by atoms with Gasteiger partial charge in [0.25, 0.3) is 17.5 Å². The molecule has 7 heteroatoms. The maximum absolute atomic E-state index is 12.6. The van der Waals surface area contributed by atoms with E-state index in [1.165, 1.54) is 12.1 Å². The van der Waals surface area contributed by atoms with E-state index >= 15 is 0 Å². The lowest BCUT2D eigenvalue weighted by molar-refractivity contribution is -0.384. The summed E-state index contributed by atoms with van der Waals surface area (Å²) in [5.41, 5.74) is 1.61. The number of amides is 2. The molecule has 3 aromatic rings. The monoisotopic (exact) mass is 360 g/mol. The number of rotatable bonds is 3. The lowest BCUT2D eigenvalue weighted by atomic mass is 10.0. The standard InChI is InChI=1S/C20H12N2O5/c23-18-4-2-1-3-15(18)12-5-7-13(8-6-12)21-19(24)16-10-9-14(22(26)27)11-17(16)20(21)25/h1-11,23H. The minimum atomic E-state index is -0.609. The van der Waals surface area contributed by atoms with Crippen LogP contribution in [0.3, 0.4) is 0 Å². The molecule has 0 radical (unpaired) electrons. The van der Waals surface area contributed by atoms with Crippen LogP contribution in [0.4, 0.5) is 11.4 Å². The van der Waals surface area contributed by atoms with Crippen LogP contribution in [-0.2, 0) is 0 Å². The highest BCUT2D eigenvalue weighted by molar-refractivity contribution is 6.34. The van der Waals surface area contributed by atoms with Gasteiger partial charge < -0.3 is 5.11 Å². The molecule has 0 aromatic heterocycles. The second-order valence-electron chi connectivity index (χ2n) is 6.00. The number of non-ortho nitro benzene ring substituents is 1. The van der Waals surface area contributed by atoms with Crippen LogP contribution >= 0.6 is 0 Å². The number of carbonyl (C=O) groups excluding carboxylic acids is 2. The van der Waals surface area contributed by atoms with Crippen molar-refractivity contribution in [2.45, 2.75) is 0 Å². The number of phenols is 1. The lowest BCUT2D eigenvalue weighted by Gasteiger charge is -2.14. The molecule has 132 valence electrons. The zero-order valence-electron chi connectivity index (χ0n) is 13.8. The number of nitro benzene ring substituents is 1. The summed E-state index contributed by atoms with van der Waals surface area (Å²) in [7, 11) is 0. The molecule has 1 aliphatic rings. The summed E-state index contributed by atoms with van der Waals surface area (Å²) in [5.74, 6) is -1.01. The van der Waals surface area contributed by atoms with Gasteiger partial charge in [-0.2, -0.15) is 0 Å². The van der Waals surface area contributed by atoms with E-state index < -0.39 is 16.7 Å². The number of para-hydroxylation sites is 1. The van der Waals surface area contributed by atoms with Crippen LogP contribution < -0.4 is 4.90 Å². The first-order chi connectivity index (χ1) is 13.0. The molecule has 1 aliphatic heterocycles. The molecule has 3 aromatic carbocycles. The number of benzene rings is 3. The number of fused-ring (bicyclic) bond motifs is 1. The maximum atomic E-state index is 12.6. The fourth-order valence-corrected chi connectivity index (χ4v) is 3.08. The minimum Gasteiger partial charge on any atom is -0.507 e. The number of imide groups is 1. The zero-order valence-corrected chi connectivity index (χ0v) is 13.8. The van der Waals surface area contributed by atoms with E-state index in [-0.39, 0.29) is 22.6 Å². The molecule has 0 saturated carbocycles. The van der Waals surface area contributed by atoms with Crippen molar-refractivity contribution < 1.29 is 19.6 Å². The van der Waals surface area contributed by atoms with Crippen LogP contribution in [0.15, 0.2) is 66.7 Å². The van der Waals surface area contributed by atoms with Crippen molar-refractivity contribution in [3.63, 3.8) is 0 Å². The molecular weight excluding hydrogens is 348 g/mol. The average Bonchev–Trinajstić information content (AvgIpc) is 2.92. The molecule has 0 saturated heterocycles. The Morgan fingerprint density at radius 2 is 1.48 bits per heavy atom. The first-order valence-corrected chi connectivity index (χ1v) is 8.03. The number of nitro groups is 1. The Morgan fingerprint density at radius 3 is 2.15 bits per heavy atom. The average molecular weight is 360 g/mol. The van der Waals surface area contributed by atoms with Gasteiger partial charge in [0.15, 0.2) is 0 Å². The minimum absolute atomic E-state index is 0.0129. The molecule has 27 heavy (non-hydrogen) atoms. The Kier molecular flexibility index (Phi) is 3.70. The van der Waals surface area contributed by atoms with Gasteiger partial charge in [0.2, 0.25) is 0 Å². The Hall–Kier alpha value is -4.00. The third-order valence-corrected chi connectivity index (χ3v) is 4.42. The van der Waals surface area contributed by atoms with E-state index in [1.54, 1.807) is 48.5 Å². The summed E-state index contributed by atoms with van der Waals surface area (Å²) < 4.78 is 0. The van der Waals surface area contributed by atoms with Crippen LogP contribution in [0, 0.1) is 10.1 Å². The Labute approximate surface area is 153 Å². The first kappa shape index (κ1) is 16.5. The lowest BCUT2D eigenvalue weighted by Crippen LogP contribution is -2.29. The molecule has 2 amide bonds. The van der Waals surface area contributed by atoms with Crippen LogP contribution in [0.1, 0.15) is 20.7 Å². The van der Waals surface area contributed by atoms with Crippen molar-refractivity contribution >= 4 is 23.2 Å². The van der Waals surface area contributed by atoms with E-state index in [0.29, 0.717) is 11.3 Å². The van der Waals surface area contributed by atoms with Gasteiger partial charge in [-0.3, -0.25) is 19.7 Å². The zero-order chi connectivity index (χ0) is 19.1. The largest absolute Gasteiger partial charge is 0.507 e. The van der Waals surface area contributed by atoms with Gasteiger partial charge in [-0.05, 0) is 29.8 Å². The van der Waals surface area contributed by atoms with E-state index in [9.17, 15) is 24.8 Å². The summed E-state index contributed by atoms with van der Waals surface area (Å²) in [4.78, 5) is 36.5. The summed E-state index contributed by atoms with van der Waals surface area (Å²) in [5, 5.41) is 20.9. The normalized spacial score (nSPS) is 13.0. The smallest absolute Gasteiger partial charge is 0.270 e. The van der Waals surface area contributed by atoms with Crippen molar-refractivity contribution in [1.29, 1.82) is 0 Å². The summed E-state index contributed by atoms with van der Waals surface area (Å²) >= 11 is 0. The Morgan fingerprint density at radius 1 is 0.815 bits per heavy atom.